The van der Waals surface area contributed by atoms with Crippen molar-refractivity contribution in [3.63, 3.8) is 0 Å². The minimum atomic E-state index is -3.72. The van der Waals surface area contributed by atoms with Crippen LogP contribution in [0, 0.1) is 11.6 Å². The monoisotopic (exact) mass is 529 g/mol. The van der Waals surface area contributed by atoms with Crippen molar-refractivity contribution in [3.05, 3.63) is 57.9 Å². The quantitative estimate of drug-likeness (QED) is 0.491. The molecule has 164 valence electrons. The molecule has 0 saturated carbocycles. The molecule has 31 heavy (non-hydrogen) atoms. The number of anilines is 1. The van der Waals surface area contributed by atoms with Gasteiger partial charge in [-0.3, -0.25) is 0 Å². The van der Waals surface area contributed by atoms with E-state index in [2.05, 4.69) is 20.9 Å². The molecule has 2 heterocycles. The van der Waals surface area contributed by atoms with E-state index >= 15 is 0 Å². The Kier molecular flexibility index (Phi) is 6.29. The van der Waals surface area contributed by atoms with Crippen LogP contribution < -0.4 is 9.64 Å². The number of methoxy groups -OCH3 is 1. The maximum absolute atomic E-state index is 13.5. The summed E-state index contributed by atoms with van der Waals surface area (Å²) in [7, 11) is -2.28. The van der Waals surface area contributed by atoms with Crippen LogP contribution in [-0.4, -0.2) is 51.0 Å². The van der Waals surface area contributed by atoms with E-state index in [4.69, 9.17) is 4.74 Å². The molecule has 3 aromatic rings. The molecule has 0 N–H and O–H groups in total. The molecular weight excluding hydrogens is 512 g/mol. The average Bonchev–Trinajstić information content (AvgIpc) is 3.26. The van der Waals surface area contributed by atoms with E-state index in [1.807, 2.05) is 4.90 Å². The van der Waals surface area contributed by atoms with Crippen LogP contribution in [-0.2, 0) is 10.0 Å². The molecule has 2 aromatic carbocycles. The minimum absolute atomic E-state index is 0.118. The Bertz CT molecular complexity index is 1210. The molecule has 0 amide bonds. The van der Waals surface area contributed by atoms with E-state index in [1.54, 1.807) is 17.5 Å². The van der Waals surface area contributed by atoms with Crippen molar-refractivity contribution >= 4 is 42.4 Å². The van der Waals surface area contributed by atoms with E-state index in [0.717, 1.165) is 12.1 Å². The molecular formula is C20H18BrF2N3O3S2. The second kappa shape index (κ2) is 8.81. The number of benzene rings is 2. The number of sulfonamides is 1. The summed E-state index contributed by atoms with van der Waals surface area (Å²) in [6, 6.07) is 8.54. The maximum Gasteiger partial charge on any atom is 0.246 e. The van der Waals surface area contributed by atoms with Gasteiger partial charge in [-0.2, -0.15) is 4.31 Å². The molecule has 1 saturated heterocycles. The SMILES string of the molecule is COc1ccc(Br)cc1S(=O)(=O)N1CCN(c2nc(-c3ccc(F)c(F)c3)cs2)CC1. The van der Waals surface area contributed by atoms with Crippen molar-refractivity contribution in [1.29, 1.82) is 0 Å². The molecule has 11 heteroatoms. The Morgan fingerprint density at radius 3 is 2.48 bits per heavy atom. The van der Waals surface area contributed by atoms with E-state index in [1.165, 1.54) is 34.9 Å². The van der Waals surface area contributed by atoms with Crippen LogP contribution in [0.25, 0.3) is 11.3 Å². The van der Waals surface area contributed by atoms with Gasteiger partial charge < -0.3 is 9.64 Å². The molecule has 4 rings (SSSR count). The first kappa shape index (κ1) is 22.1. The zero-order valence-corrected chi connectivity index (χ0v) is 19.6. The maximum atomic E-state index is 13.5. The topological polar surface area (TPSA) is 62.7 Å². The lowest BCUT2D eigenvalue weighted by Crippen LogP contribution is -2.48. The lowest BCUT2D eigenvalue weighted by Gasteiger charge is -2.34. The van der Waals surface area contributed by atoms with Crippen molar-refractivity contribution in [3.8, 4) is 17.0 Å². The third-order valence-corrected chi connectivity index (χ3v) is 8.27. The molecule has 1 aliphatic rings. The predicted octanol–water partition coefficient (Wildman–Crippen LogP) is 4.37. The van der Waals surface area contributed by atoms with Gasteiger partial charge in [0.1, 0.15) is 10.6 Å². The van der Waals surface area contributed by atoms with Crippen molar-refractivity contribution in [2.75, 3.05) is 38.2 Å². The summed E-state index contributed by atoms with van der Waals surface area (Å²) in [5.41, 5.74) is 1.04. The Morgan fingerprint density at radius 2 is 1.81 bits per heavy atom. The van der Waals surface area contributed by atoms with Crippen LogP contribution in [0.1, 0.15) is 0 Å². The third kappa shape index (κ3) is 4.45. The van der Waals surface area contributed by atoms with Crippen LogP contribution in [0.2, 0.25) is 0 Å². The van der Waals surface area contributed by atoms with Gasteiger partial charge in [0, 0.05) is 41.6 Å². The van der Waals surface area contributed by atoms with E-state index in [-0.39, 0.29) is 18.0 Å². The molecule has 0 spiro atoms. The zero-order chi connectivity index (χ0) is 22.2. The fourth-order valence-corrected chi connectivity index (χ4v) is 6.31. The fraction of sp³-hybridized carbons (Fsp3) is 0.250. The molecule has 1 aliphatic heterocycles. The van der Waals surface area contributed by atoms with E-state index in [9.17, 15) is 17.2 Å². The number of aromatic nitrogens is 1. The van der Waals surface area contributed by atoms with Crippen LogP contribution in [0.4, 0.5) is 13.9 Å². The standard InChI is InChI=1S/C20H18BrF2N3O3S2/c1-29-18-5-3-14(21)11-19(18)31(27,28)26-8-6-25(7-9-26)20-24-17(12-30-20)13-2-4-15(22)16(23)10-13/h2-5,10-12H,6-9H2,1H3. The average molecular weight is 530 g/mol. The highest BCUT2D eigenvalue weighted by molar-refractivity contribution is 9.10. The van der Waals surface area contributed by atoms with Crippen molar-refractivity contribution in [2.45, 2.75) is 4.90 Å². The number of piperazine rings is 1. The Balaban J connectivity index is 1.49. The number of ether oxygens (including phenoxy) is 1. The summed E-state index contributed by atoms with van der Waals surface area (Å²) in [5.74, 6) is -1.53. The van der Waals surface area contributed by atoms with E-state index < -0.39 is 21.7 Å². The largest absolute Gasteiger partial charge is 0.495 e. The van der Waals surface area contributed by atoms with Crippen LogP contribution in [0.3, 0.4) is 0 Å². The van der Waals surface area contributed by atoms with Gasteiger partial charge in [-0.25, -0.2) is 22.2 Å². The molecule has 0 atom stereocenters. The van der Waals surface area contributed by atoms with Gasteiger partial charge in [-0.05, 0) is 36.4 Å². The summed E-state index contributed by atoms with van der Waals surface area (Å²) in [5, 5.41) is 2.48. The van der Waals surface area contributed by atoms with Crippen LogP contribution in [0.5, 0.6) is 5.75 Å². The van der Waals surface area contributed by atoms with Gasteiger partial charge in [0.15, 0.2) is 16.8 Å². The van der Waals surface area contributed by atoms with Crippen molar-refractivity contribution < 1.29 is 21.9 Å². The van der Waals surface area contributed by atoms with E-state index in [0.29, 0.717) is 39.7 Å². The normalized spacial score (nSPS) is 15.3. The molecule has 6 nitrogen and oxygen atoms in total. The number of hydrogen-bond acceptors (Lipinski definition) is 6. The van der Waals surface area contributed by atoms with Crippen LogP contribution >= 0.6 is 27.3 Å². The van der Waals surface area contributed by atoms with Gasteiger partial charge in [0.2, 0.25) is 10.0 Å². The number of nitrogens with zero attached hydrogens (tertiary/aromatic N) is 3. The van der Waals surface area contributed by atoms with Gasteiger partial charge in [0.25, 0.3) is 0 Å². The summed E-state index contributed by atoms with van der Waals surface area (Å²) in [6.07, 6.45) is 0. The molecule has 0 unspecified atom stereocenters. The number of rotatable bonds is 5. The van der Waals surface area contributed by atoms with Gasteiger partial charge in [0.05, 0.1) is 12.8 Å². The molecule has 0 bridgehead atoms. The number of thiazole rings is 1. The van der Waals surface area contributed by atoms with Gasteiger partial charge >= 0.3 is 0 Å². The summed E-state index contributed by atoms with van der Waals surface area (Å²) in [6.45, 7) is 1.50. The predicted molar refractivity (Wildman–Crippen MR) is 119 cm³/mol. The molecule has 1 fully saturated rings. The zero-order valence-electron chi connectivity index (χ0n) is 16.4. The van der Waals surface area contributed by atoms with Gasteiger partial charge in [-0.15, -0.1) is 11.3 Å². The minimum Gasteiger partial charge on any atom is -0.495 e. The lowest BCUT2D eigenvalue weighted by molar-refractivity contribution is 0.374. The molecule has 0 radical (unpaired) electrons. The van der Waals surface area contributed by atoms with Crippen LogP contribution in [0.15, 0.2) is 51.1 Å². The first-order valence-corrected chi connectivity index (χ1v) is 12.4. The second-order valence-corrected chi connectivity index (χ2v) is 10.5. The van der Waals surface area contributed by atoms with Gasteiger partial charge in [-0.1, -0.05) is 15.9 Å². The molecule has 1 aromatic heterocycles. The highest BCUT2D eigenvalue weighted by Gasteiger charge is 2.31. The number of hydrogen-bond donors (Lipinski definition) is 0. The Morgan fingerprint density at radius 1 is 1.06 bits per heavy atom. The smallest absolute Gasteiger partial charge is 0.246 e. The Labute approximate surface area is 191 Å². The summed E-state index contributed by atoms with van der Waals surface area (Å²) in [4.78, 5) is 6.62. The summed E-state index contributed by atoms with van der Waals surface area (Å²) >= 11 is 4.69. The highest BCUT2D eigenvalue weighted by Crippen LogP contribution is 2.32. The highest BCUT2D eigenvalue weighted by atomic mass is 79.9. The van der Waals surface area contributed by atoms with Crippen molar-refractivity contribution in [2.24, 2.45) is 0 Å². The second-order valence-electron chi connectivity index (χ2n) is 6.83. The fourth-order valence-electron chi connectivity index (χ4n) is 3.31. The molecule has 0 aliphatic carbocycles. The lowest BCUT2D eigenvalue weighted by atomic mass is 10.2. The Hall–Kier alpha value is -2.08. The van der Waals surface area contributed by atoms with Crippen molar-refractivity contribution in [1.82, 2.24) is 9.29 Å². The number of halogens is 3. The summed E-state index contributed by atoms with van der Waals surface area (Å²) < 4.78 is 60.3. The third-order valence-electron chi connectivity index (χ3n) is 4.96. The first-order valence-electron chi connectivity index (χ1n) is 9.29. The first-order chi connectivity index (χ1) is 14.8.